The van der Waals surface area contributed by atoms with E-state index in [1.54, 1.807) is 24.3 Å². The van der Waals surface area contributed by atoms with E-state index in [1.165, 1.54) is 17.8 Å². The van der Waals surface area contributed by atoms with E-state index in [0.717, 1.165) is 35.9 Å². The number of hydrogen-bond donors (Lipinski definition) is 3. The Morgan fingerprint density at radius 3 is 2.42 bits per heavy atom. The summed E-state index contributed by atoms with van der Waals surface area (Å²) < 4.78 is 65.5. The Labute approximate surface area is 238 Å². The predicted octanol–water partition coefficient (Wildman–Crippen LogP) is 4.67. The van der Waals surface area contributed by atoms with E-state index in [0.29, 0.717) is 12.8 Å². The number of halogens is 3. The third-order valence-electron chi connectivity index (χ3n) is 7.18. The number of carbonyl (C=O) groups excluding carboxylic acids is 2. The highest BCUT2D eigenvalue weighted by Gasteiger charge is 2.35. The fourth-order valence-corrected chi connectivity index (χ4v) is 6.91. The second kappa shape index (κ2) is 13.9. The monoisotopic (exact) mass is 599 g/mol. The molecule has 0 radical (unpaired) electrons. The first kappa shape index (κ1) is 32.0. The number of alkyl halides is 3. The molecule has 1 aliphatic rings. The Balaban J connectivity index is 1.68. The predicted molar refractivity (Wildman–Crippen MR) is 150 cm³/mol. The molecule has 1 aliphatic carbocycles. The van der Waals surface area contributed by atoms with Gasteiger partial charge in [0.15, 0.2) is 9.84 Å². The van der Waals surface area contributed by atoms with E-state index in [2.05, 4.69) is 29.8 Å². The summed E-state index contributed by atoms with van der Waals surface area (Å²) in [7, 11) is -3.64. The van der Waals surface area contributed by atoms with Crippen LogP contribution >= 0.6 is 11.8 Å². The fourth-order valence-electron chi connectivity index (χ4n) is 4.83. The van der Waals surface area contributed by atoms with Crippen molar-refractivity contribution in [3.05, 3.63) is 59.7 Å². The average molecular weight is 600 g/mol. The molecular weight excluding hydrogens is 563 g/mol. The summed E-state index contributed by atoms with van der Waals surface area (Å²) in [5.41, 5.74) is -1.17. The van der Waals surface area contributed by atoms with Gasteiger partial charge in [0, 0.05) is 28.6 Å². The molecule has 0 heterocycles. The molecular formula is C28H36F3N3O4S2. The van der Waals surface area contributed by atoms with Gasteiger partial charge in [-0.3, -0.25) is 9.59 Å². The van der Waals surface area contributed by atoms with Gasteiger partial charge in [-0.15, -0.1) is 11.8 Å². The van der Waals surface area contributed by atoms with Crippen LogP contribution in [0.25, 0.3) is 0 Å². The van der Waals surface area contributed by atoms with Gasteiger partial charge >= 0.3 is 6.18 Å². The summed E-state index contributed by atoms with van der Waals surface area (Å²) in [6.45, 7) is 3.69. The van der Waals surface area contributed by atoms with Gasteiger partial charge in [0.05, 0.1) is 22.8 Å². The highest BCUT2D eigenvalue weighted by Crippen LogP contribution is 2.30. The molecule has 7 nitrogen and oxygen atoms in total. The summed E-state index contributed by atoms with van der Waals surface area (Å²) in [6.07, 6.45) is 0.0762. The van der Waals surface area contributed by atoms with Gasteiger partial charge < -0.3 is 16.0 Å². The van der Waals surface area contributed by atoms with Crippen LogP contribution in [0, 0.1) is 5.92 Å². The van der Waals surface area contributed by atoms with Gasteiger partial charge in [0.25, 0.3) is 5.91 Å². The molecule has 1 saturated carbocycles. The minimum absolute atomic E-state index is 0.0998. The lowest BCUT2D eigenvalue weighted by molar-refractivity contribution is -0.137. The van der Waals surface area contributed by atoms with Crippen LogP contribution in [0.2, 0.25) is 0 Å². The zero-order valence-corrected chi connectivity index (χ0v) is 24.4. The third-order valence-corrected chi connectivity index (χ3v) is 9.78. The first-order valence-electron chi connectivity index (χ1n) is 13.2. The van der Waals surface area contributed by atoms with Crippen molar-refractivity contribution in [3.8, 4) is 0 Å². The molecule has 12 heteroatoms. The maximum Gasteiger partial charge on any atom is 0.416 e. The number of sulfone groups is 1. The topological polar surface area (TPSA) is 104 Å². The van der Waals surface area contributed by atoms with Crippen molar-refractivity contribution in [2.24, 2.45) is 5.92 Å². The number of nitrogens with one attached hydrogen (secondary N) is 3. The molecule has 4 atom stereocenters. The Kier molecular flexibility index (Phi) is 11.1. The molecule has 0 saturated heterocycles. The van der Waals surface area contributed by atoms with Gasteiger partial charge in [-0.1, -0.05) is 13.0 Å². The zero-order chi connectivity index (χ0) is 29.5. The maximum absolute atomic E-state index is 13.3. The first-order valence-corrected chi connectivity index (χ1v) is 16.1. The van der Waals surface area contributed by atoms with Crippen LogP contribution in [0.3, 0.4) is 0 Å². The Morgan fingerprint density at radius 1 is 1.10 bits per heavy atom. The minimum atomic E-state index is -4.59. The number of amides is 2. The Morgan fingerprint density at radius 2 is 1.80 bits per heavy atom. The Bertz CT molecular complexity index is 1270. The maximum atomic E-state index is 13.3. The Hall–Kier alpha value is -2.57. The second-order valence-corrected chi connectivity index (χ2v) is 13.1. The lowest BCUT2D eigenvalue weighted by Gasteiger charge is -2.38. The van der Waals surface area contributed by atoms with E-state index in [-0.39, 0.29) is 34.2 Å². The molecule has 2 aromatic carbocycles. The van der Waals surface area contributed by atoms with Crippen LogP contribution < -0.4 is 16.0 Å². The van der Waals surface area contributed by atoms with Crippen LogP contribution in [-0.4, -0.2) is 56.9 Å². The number of carbonyl (C=O) groups is 2. The highest BCUT2D eigenvalue weighted by atomic mass is 32.2. The van der Waals surface area contributed by atoms with E-state index < -0.39 is 46.0 Å². The van der Waals surface area contributed by atoms with Crippen molar-refractivity contribution >= 4 is 33.4 Å². The molecule has 0 spiro atoms. The molecule has 2 aromatic rings. The smallest absolute Gasteiger partial charge is 0.352 e. The number of benzene rings is 2. The van der Waals surface area contributed by atoms with Crippen LogP contribution in [0.1, 0.15) is 55.5 Å². The molecule has 1 fully saturated rings. The third kappa shape index (κ3) is 8.97. The lowest BCUT2D eigenvalue weighted by atomic mass is 9.82. The van der Waals surface area contributed by atoms with Crippen molar-refractivity contribution < 1.29 is 31.2 Å². The number of thioether (sulfide) groups is 1. The molecule has 0 aliphatic heterocycles. The van der Waals surface area contributed by atoms with Crippen LogP contribution in [-0.2, 0) is 20.8 Å². The molecule has 0 aromatic heterocycles. The summed E-state index contributed by atoms with van der Waals surface area (Å²) >= 11 is 1.52. The van der Waals surface area contributed by atoms with E-state index in [4.69, 9.17) is 0 Å². The van der Waals surface area contributed by atoms with Gasteiger partial charge in [-0.05, 0) is 87.2 Å². The molecule has 3 N–H and O–H groups in total. The molecule has 40 heavy (non-hydrogen) atoms. The van der Waals surface area contributed by atoms with Crippen LogP contribution in [0.15, 0.2) is 58.3 Å². The number of rotatable bonds is 11. The average Bonchev–Trinajstić information content (AvgIpc) is 2.92. The van der Waals surface area contributed by atoms with Crippen molar-refractivity contribution in [2.45, 2.75) is 73.6 Å². The van der Waals surface area contributed by atoms with Gasteiger partial charge in [-0.2, -0.15) is 13.2 Å². The van der Waals surface area contributed by atoms with Crippen molar-refractivity contribution in [3.63, 3.8) is 0 Å². The standard InChI is InChI=1S/C28H36F3N3O4S2/c1-4-18(2)33-22-8-13-25(20(15-22)17-40(37,38)24-11-9-23(39-3)10-12-24)34-26(35)16-32-27(36)19-6-5-7-21(14-19)28(29,30)31/h5-7,9-12,14,18,20,22,25,33H,4,8,13,15-17H2,1-3H3,(H,32,36)(H,34,35)/t18?,20?,22?,25-/m1/s1. The first-order chi connectivity index (χ1) is 18.8. The fraction of sp³-hybridized carbons (Fsp3) is 0.500. The summed E-state index contributed by atoms with van der Waals surface area (Å²) in [5, 5.41) is 8.76. The normalized spacial score (nSPS) is 20.5. The summed E-state index contributed by atoms with van der Waals surface area (Å²) in [4.78, 5) is 26.3. The van der Waals surface area contributed by atoms with Crippen molar-refractivity contribution in [2.75, 3.05) is 18.6 Å². The minimum Gasteiger partial charge on any atom is -0.352 e. The van der Waals surface area contributed by atoms with Crippen LogP contribution in [0.5, 0.6) is 0 Å². The van der Waals surface area contributed by atoms with Gasteiger partial charge in [-0.25, -0.2) is 8.42 Å². The molecule has 220 valence electrons. The second-order valence-electron chi connectivity index (χ2n) is 10.1. The number of hydrogen-bond acceptors (Lipinski definition) is 6. The van der Waals surface area contributed by atoms with E-state index in [1.807, 2.05) is 6.26 Å². The highest BCUT2D eigenvalue weighted by molar-refractivity contribution is 7.98. The molecule has 2 amide bonds. The summed E-state index contributed by atoms with van der Waals surface area (Å²) in [6, 6.07) is 10.6. The largest absolute Gasteiger partial charge is 0.416 e. The van der Waals surface area contributed by atoms with Crippen molar-refractivity contribution in [1.29, 1.82) is 0 Å². The molecule has 3 rings (SSSR count). The van der Waals surface area contributed by atoms with Crippen molar-refractivity contribution in [1.82, 2.24) is 16.0 Å². The van der Waals surface area contributed by atoms with Crippen LogP contribution in [0.4, 0.5) is 13.2 Å². The summed E-state index contributed by atoms with van der Waals surface area (Å²) in [5.74, 6) is -1.86. The van der Waals surface area contributed by atoms with E-state index in [9.17, 15) is 31.2 Å². The zero-order valence-electron chi connectivity index (χ0n) is 22.8. The van der Waals surface area contributed by atoms with Gasteiger partial charge in [0.2, 0.25) is 5.91 Å². The van der Waals surface area contributed by atoms with Gasteiger partial charge in [0.1, 0.15) is 0 Å². The molecule has 0 bridgehead atoms. The quantitative estimate of drug-likeness (QED) is 0.325. The molecule has 3 unspecified atom stereocenters. The lowest BCUT2D eigenvalue weighted by Crippen LogP contribution is -2.52. The SMILES string of the molecule is CCC(C)NC1CC[C@@H](NC(=O)CNC(=O)c2cccc(C(F)(F)F)c2)C(CS(=O)(=O)c2ccc(SC)cc2)C1. The van der Waals surface area contributed by atoms with E-state index >= 15 is 0 Å².